The van der Waals surface area contributed by atoms with Gasteiger partial charge in [-0.3, -0.25) is 9.20 Å². The van der Waals surface area contributed by atoms with Gasteiger partial charge in [0.2, 0.25) is 0 Å². The van der Waals surface area contributed by atoms with Crippen LogP contribution in [0.2, 0.25) is 0 Å². The number of aromatic nitrogens is 2. The molecule has 0 atom stereocenters. The Hall–Kier alpha value is -1.64. The Balaban J connectivity index is 2.84. The van der Waals surface area contributed by atoms with Crippen LogP contribution in [-0.4, -0.2) is 15.2 Å². The standard InChI is InChI=1S/C11H12N2O/c1-7-4-5-13-10(6-7)12-8(2)11(13)9(3)14/h4-6H,1-3H3. The normalized spacial score (nSPS) is 10.8. The van der Waals surface area contributed by atoms with E-state index >= 15 is 0 Å². The zero-order valence-corrected chi connectivity index (χ0v) is 8.53. The van der Waals surface area contributed by atoms with Crippen molar-refractivity contribution in [2.75, 3.05) is 0 Å². The summed E-state index contributed by atoms with van der Waals surface area (Å²) >= 11 is 0. The summed E-state index contributed by atoms with van der Waals surface area (Å²) in [7, 11) is 0. The summed E-state index contributed by atoms with van der Waals surface area (Å²) in [6.45, 7) is 5.44. The van der Waals surface area contributed by atoms with Gasteiger partial charge >= 0.3 is 0 Å². The lowest BCUT2D eigenvalue weighted by Gasteiger charge is -1.98. The number of imidazole rings is 1. The molecule has 0 unspecified atom stereocenters. The number of carbonyl (C=O) groups excluding carboxylic acids is 1. The number of hydrogen-bond acceptors (Lipinski definition) is 2. The third kappa shape index (κ3) is 1.21. The van der Waals surface area contributed by atoms with Crippen LogP contribution in [0.3, 0.4) is 0 Å². The first-order valence-electron chi connectivity index (χ1n) is 4.56. The van der Waals surface area contributed by atoms with Crippen LogP contribution in [0.4, 0.5) is 0 Å². The molecule has 0 aliphatic rings. The van der Waals surface area contributed by atoms with E-state index in [-0.39, 0.29) is 5.78 Å². The van der Waals surface area contributed by atoms with Crippen LogP contribution < -0.4 is 0 Å². The van der Waals surface area contributed by atoms with Gasteiger partial charge in [-0.2, -0.15) is 0 Å². The summed E-state index contributed by atoms with van der Waals surface area (Å²) in [6, 6.07) is 3.94. The highest BCUT2D eigenvalue weighted by Gasteiger charge is 2.11. The average molecular weight is 188 g/mol. The highest BCUT2D eigenvalue weighted by molar-refractivity contribution is 5.94. The highest BCUT2D eigenvalue weighted by atomic mass is 16.1. The Morgan fingerprint density at radius 3 is 2.79 bits per heavy atom. The fraction of sp³-hybridized carbons (Fsp3) is 0.273. The summed E-state index contributed by atoms with van der Waals surface area (Å²) in [5.41, 5.74) is 3.47. The maximum atomic E-state index is 11.4. The first-order chi connectivity index (χ1) is 6.59. The molecule has 0 amide bonds. The minimum absolute atomic E-state index is 0.0545. The van der Waals surface area contributed by atoms with Gasteiger partial charge < -0.3 is 0 Å². The summed E-state index contributed by atoms with van der Waals surface area (Å²) in [4.78, 5) is 15.7. The van der Waals surface area contributed by atoms with Crippen molar-refractivity contribution < 1.29 is 4.79 Å². The second-order valence-corrected chi connectivity index (χ2v) is 3.53. The van der Waals surface area contributed by atoms with E-state index in [0.29, 0.717) is 5.69 Å². The predicted molar refractivity (Wildman–Crippen MR) is 54.7 cm³/mol. The number of pyridine rings is 1. The topological polar surface area (TPSA) is 34.4 Å². The molecule has 0 radical (unpaired) electrons. The first kappa shape index (κ1) is 8.94. The molecule has 2 aromatic rings. The van der Waals surface area contributed by atoms with Crippen LogP contribution in [0, 0.1) is 13.8 Å². The molecule has 72 valence electrons. The Morgan fingerprint density at radius 1 is 1.43 bits per heavy atom. The van der Waals surface area contributed by atoms with E-state index in [0.717, 1.165) is 16.9 Å². The molecule has 2 aromatic heterocycles. The third-order valence-corrected chi connectivity index (χ3v) is 2.29. The monoisotopic (exact) mass is 188 g/mol. The Morgan fingerprint density at radius 2 is 2.14 bits per heavy atom. The minimum Gasteiger partial charge on any atom is -0.297 e. The van der Waals surface area contributed by atoms with Crippen LogP contribution in [0.25, 0.3) is 5.65 Å². The minimum atomic E-state index is 0.0545. The molecular weight excluding hydrogens is 176 g/mol. The number of aryl methyl sites for hydroxylation is 2. The van der Waals surface area contributed by atoms with Crippen LogP contribution in [0.5, 0.6) is 0 Å². The van der Waals surface area contributed by atoms with E-state index in [4.69, 9.17) is 0 Å². The molecule has 0 spiro atoms. The molecular formula is C11H12N2O. The van der Waals surface area contributed by atoms with E-state index in [1.165, 1.54) is 0 Å². The van der Waals surface area contributed by atoms with Crippen LogP contribution in [-0.2, 0) is 0 Å². The van der Waals surface area contributed by atoms with Gasteiger partial charge in [-0.15, -0.1) is 0 Å². The molecule has 0 fully saturated rings. The van der Waals surface area contributed by atoms with E-state index < -0.39 is 0 Å². The fourth-order valence-corrected chi connectivity index (χ4v) is 1.69. The highest BCUT2D eigenvalue weighted by Crippen LogP contribution is 2.13. The molecule has 3 heteroatoms. The van der Waals surface area contributed by atoms with E-state index in [2.05, 4.69) is 4.98 Å². The van der Waals surface area contributed by atoms with Gasteiger partial charge in [-0.25, -0.2) is 4.98 Å². The summed E-state index contributed by atoms with van der Waals surface area (Å²) in [5.74, 6) is 0.0545. The van der Waals surface area contributed by atoms with Crippen molar-refractivity contribution in [3.63, 3.8) is 0 Å². The van der Waals surface area contributed by atoms with Gasteiger partial charge in [0.15, 0.2) is 5.78 Å². The molecule has 0 saturated carbocycles. The van der Waals surface area contributed by atoms with Gasteiger partial charge in [0, 0.05) is 13.1 Å². The fourth-order valence-electron chi connectivity index (χ4n) is 1.69. The molecule has 0 aliphatic heterocycles. The molecule has 2 rings (SSSR count). The first-order valence-corrected chi connectivity index (χ1v) is 4.56. The number of hydrogen-bond donors (Lipinski definition) is 0. The van der Waals surface area contributed by atoms with E-state index in [1.54, 1.807) is 6.92 Å². The predicted octanol–water partition coefficient (Wildman–Crippen LogP) is 2.15. The smallest absolute Gasteiger partial charge is 0.178 e. The van der Waals surface area contributed by atoms with Crippen molar-refractivity contribution in [1.82, 2.24) is 9.38 Å². The van der Waals surface area contributed by atoms with E-state index in [1.807, 2.05) is 36.6 Å². The molecule has 0 aromatic carbocycles. The van der Waals surface area contributed by atoms with Crippen LogP contribution in [0.15, 0.2) is 18.3 Å². The maximum Gasteiger partial charge on any atom is 0.178 e. The molecule has 0 bridgehead atoms. The molecule has 0 saturated heterocycles. The quantitative estimate of drug-likeness (QED) is 0.642. The number of nitrogens with zero attached hydrogens (tertiary/aromatic N) is 2. The van der Waals surface area contributed by atoms with Crippen molar-refractivity contribution in [3.8, 4) is 0 Å². The Bertz CT molecular complexity index is 511. The summed E-state index contributed by atoms with van der Waals surface area (Å²) < 4.78 is 1.84. The van der Waals surface area contributed by atoms with Crippen molar-refractivity contribution in [3.05, 3.63) is 35.3 Å². The van der Waals surface area contributed by atoms with Crippen LogP contribution >= 0.6 is 0 Å². The van der Waals surface area contributed by atoms with Gasteiger partial charge in [-0.1, -0.05) is 0 Å². The number of rotatable bonds is 1. The number of fused-ring (bicyclic) bond motifs is 1. The summed E-state index contributed by atoms with van der Waals surface area (Å²) in [6.07, 6.45) is 1.89. The lowest BCUT2D eigenvalue weighted by molar-refractivity contribution is 0.101. The summed E-state index contributed by atoms with van der Waals surface area (Å²) in [5, 5.41) is 0. The van der Waals surface area contributed by atoms with Gasteiger partial charge in [-0.05, 0) is 31.5 Å². The van der Waals surface area contributed by atoms with Crippen molar-refractivity contribution in [1.29, 1.82) is 0 Å². The van der Waals surface area contributed by atoms with E-state index in [9.17, 15) is 4.79 Å². The molecule has 2 heterocycles. The van der Waals surface area contributed by atoms with Gasteiger partial charge in [0.05, 0.1) is 5.69 Å². The van der Waals surface area contributed by atoms with Crippen molar-refractivity contribution in [2.24, 2.45) is 0 Å². The SMILES string of the molecule is CC(=O)c1c(C)nc2cc(C)ccn12. The van der Waals surface area contributed by atoms with Gasteiger partial charge in [0.1, 0.15) is 11.3 Å². The van der Waals surface area contributed by atoms with Crippen molar-refractivity contribution >= 4 is 11.4 Å². The maximum absolute atomic E-state index is 11.4. The second kappa shape index (κ2) is 2.94. The molecule has 0 N–H and O–H groups in total. The lowest BCUT2D eigenvalue weighted by atomic mass is 10.2. The number of carbonyl (C=O) groups is 1. The Labute approximate surface area is 82.4 Å². The van der Waals surface area contributed by atoms with Crippen LogP contribution in [0.1, 0.15) is 28.7 Å². The van der Waals surface area contributed by atoms with Crippen molar-refractivity contribution in [2.45, 2.75) is 20.8 Å². The van der Waals surface area contributed by atoms with Gasteiger partial charge in [0.25, 0.3) is 0 Å². The lowest BCUT2D eigenvalue weighted by Crippen LogP contribution is -2.00. The zero-order chi connectivity index (χ0) is 10.3. The average Bonchev–Trinajstić information content (AvgIpc) is 2.39. The Kier molecular flexibility index (Phi) is 1.88. The molecule has 0 aliphatic carbocycles. The third-order valence-electron chi connectivity index (χ3n) is 2.29. The molecule has 14 heavy (non-hydrogen) atoms. The zero-order valence-electron chi connectivity index (χ0n) is 8.53. The second-order valence-electron chi connectivity index (χ2n) is 3.53. The number of ketones is 1. The molecule has 3 nitrogen and oxygen atoms in total. The largest absolute Gasteiger partial charge is 0.297 e. The number of Topliss-reactive ketones (excluding diaryl/α,β-unsaturated/α-hetero) is 1.